The van der Waals surface area contributed by atoms with Crippen molar-refractivity contribution in [2.45, 2.75) is 84.5 Å². The number of nitrogen functional groups attached to an aromatic ring is 1. The van der Waals surface area contributed by atoms with Gasteiger partial charge in [-0.2, -0.15) is 9.40 Å². The summed E-state index contributed by atoms with van der Waals surface area (Å²) < 4.78 is 54.8. The second-order valence-electron chi connectivity index (χ2n) is 11.8. The predicted octanol–water partition coefficient (Wildman–Crippen LogP) is 5.93. The van der Waals surface area contributed by atoms with Gasteiger partial charge in [-0.25, -0.2) is 24.1 Å². The van der Waals surface area contributed by atoms with E-state index in [1.165, 1.54) is 55.5 Å². The fourth-order valence-corrected chi connectivity index (χ4v) is 8.16. The van der Waals surface area contributed by atoms with Crippen LogP contribution in [0.25, 0.3) is 11.2 Å². The molecule has 1 fully saturated rings. The number of esters is 1. The van der Waals surface area contributed by atoms with Gasteiger partial charge in [0.05, 0.1) is 19.0 Å². The molecule has 0 amide bonds. The van der Waals surface area contributed by atoms with Crippen molar-refractivity contribution in [1.29, 1.82) is 0 Å². The Morgan fingerprint density at radius 3 is 2.31 bits per heavy atom. The Morgan fingerprint density at radius 1 is 1.04 bits per heavy atom. The molecular weight excluding hydrogens is 702 g/mol. The molecule has 0 radical (unpaired) electrons. The highest BCUT2D eigenvalue weighted by molar-refractivity contribution is 7.63. The Morgan fingerprint density at radius 2 is 1.69 bits per heavy atom. The van der Waals surface area contributed by atoms with Gasteiger partial charge in [0, 0.05) is 6.42 Å². The van der Waals surface area contributed by atoms with Crippen molar-refractivity contribution in [2.75, 3.05) is 12.3 Å². The standard InChI is InChI=1S/C26H30N6O10P2.C7H16/c1-17(26(34)38-13-18-8-4-2-5-9-18)31-43(35,41-19-10-6-3-7-11-19)42-44(36,37)39-14-20-12-21(33)25(40-20)32-16-30-22-23(27)28-15-29-24(22)32;1-4-7(5-2)6-3/h2-11,15-17,20-21,25,33H,12-14H2,1H3,(H,31,35)(H,36,37)(H2,27,28,29);7H,4-6H2,1-3H3/t17-,20-,21-,25+,43?;/m0./s1. The average molecular weight is 749 g/mol. The third-order valence-electron chi connectivity index (χ3n) is 8.09. The van der Waals surface area contributed by atoms with Gasteiger partial charge in [0.1, 0.15) is 36.3 Å². The minimum atomic E-state index is -5.12. The maximum Gasteiger partial charge on any atom is 0.481 e. The number of aliphatic hydroxyl groups excluding tert-OH is 1. The highest BCUT2D eigenvalue weighted by Gasteiger charge is 2.43. The minimum absolute atomic E-state index is 0.00558. The number of ether oxygens (including phenoxy) is 2. The number of phosphoric acid groups is 1. The van der Waals surface area contributed by atoms with Crippen LogP contribution >= 0.6 is 15.6 Å². The molecule has 16 nitrogen and oxygen atoms in total. The number of imidazole rings is 1. The number of para-hydroxylation sites is 1. The van der Waals surface area contributed by atoms with Crippen molar-refractivity contribution in [3.63, 3.8) is 0 Å². The maximum absolute atomic E-state index is 13.7. The summed E-state index contributed by atoms with van der Waals surface area (Å²) in [4.78, 5) is 35.3. The lowest BCUT2D eigenvalue weighted by Gasteiger charge is -2.24. The molecule has 2 unspecified atom stereocenters. The molecule has 18 heteroatoms. The largest absolute Gasteiger partial charge is 0.481 e. The molecule has 0 spiro atoms. The lowest BCUT2D eigenvalue weighted by molar-refractivity contribution is -0.146. The fourth-order valence-electron chi connectivity index (χ4n) is 5.18. The van der Waals surface area contributed by atoms with E-state index < -0.39 is 52.6 Å². The Labute approximate surface area is 296 Å². The number of carbonyl (C=O) groups excluding carboxylic acids is 1. The molecule has 0 saturated carbocycles. The fraction of sp³-hybridized carbons (Fsp3) is 0.455. The van der Waals surface area contributed by atoms with Crippen molar-refractivity contribution in [3.8, 4) is 5.75 Å². The zero-order valence-electron chi connectivity index (χ0n) is 29.0. The van der Waals surface area contributed by atoms with E-state index in [1.54, 1.807) is 42.5 Å². The molecule has 1 aliphatic rings. The second kappa shape index (κ2) is 18.7. The quantitative estimate of drug-likeness (QED) is 0.0770. The lowest BCUT2D eigenvalue weighted by Crippen LogP contribution is -2.35. The van der Waals surface area contributed by atoms with Crippen molar-refractivity contribution < 1.29 is 46.8 Å². The molecule has 5 N–H and O–H groups in total. The van der Waals surface area contributed by atoms with Crippen LogP contribution in [0.2, 0.25) is 0 Å². The number of anilines is 1. The molecule has 51 heavy (non-hydrogen) atoms. The van der Waals surface area contributed by atoms with E-state index in [0.717, 1.165) is 11.5 Å². The number of rotatable bonds is 16. The van der Waals surface area contributed by atoms with Crippen LogP contribution in [0, 0.1) is 5.92 Å². The van der Waals surface area contributed by atoms with Gasteiger partial charge in [0.15, 0.2) is 17.7 Å². The molecule has 1 aliphatic heterocycles. The first kappa shape index (κ1) is 40.1. The first-order chi connectivity index (χ1) is 24.4. The smallest absolute Gasteiger partial charge is 0.460 e. The van der Waals surface area contributed by atoms with Crippen LogP contribution < -0.4 is 15.3 Å². The zero-order valence-corrected chi connectivity index (χ0v) is 30.8. The van der Waals surface area contributed by atoms with Gasteiger partial charge in [-0.05, 0) is 30.5 Å². The third-order valence-corrected chi connectivity index (χ3v) is 11.4. The molecule has 4 aromatic rings. The van der Waals surface area contributed by atoms with Gasteiger partial charge in [-0.1, -0.05) is 88.6 Å². The molecule has 5 rings (SSSR count). The second-order valence-corrected chi connectivity index (χ2v) is 15.1. The minimum Gasteiger partial charge on any atom is -0.460 e. The van der Waals surface area contributed by atoms with Gasteiger partial charge in [-0.3, -0.25) is 13.9 Å². The molecule has 2 aromatic carbocycles. The number of hydrogen-bond donors (Lipinski definition) is 4. The van der Waals surface area contributed by atoms with Crippen LogP contribution in [-0.4, -0.2) is 60.3 Å². The zero-order chi connectivity index (χ0) is 37.0. The molecule has 1 saturated heterocycles. The van der Waals surface area contributed by atoms with Crippen LogP contribution in [-0.2, 0) is 38.8 Å². The Bertz CT molecular complexity index is 1770. The number of nitrogens with two attached hydrogens (primary N) is 1. The molecule has 3 heterocycles. The van der Waals surface area contributed by atoms with Gasteiger partial charge < -0.3 is 29.7 Å². The highest BCUT2D eigenvalue weighted by Crippen LogP contribution is 2.60. The number of nitrogens with zero attached hydrogens (tertiary/aromatic N) is 4. The van der Waals surface area contributed by atoms with E-state index in [9.17, 15) is 23.9 Å². The Hall–Kier alpha value is -3.72. The number of aromatic nitrogens is 4. The molecular formula is C33H46N6O10P2. The first-order valence-electron chi connectivity index (χ1n) is 16.6. The number of benzene rings is 2. The molecule has 0 aliphatic carbocycles. The van der Waals surface area contributed by atoms with Crippen LogP contribution in [0.1, 0.15) is 65.2 Å². The Balaban J connectivity index is 0.000000755. The maximum atomic E-state index is 13.7. The first-order valence-corrected chi connectivity index (χ1v) is 19.7. The van der Waals surface area contributed by atoms with E-state index in [0.29, 0.717) is 11.2 Å². The van der Waals surface area contributed by atoms with Crippen molar-refractivity contribution in [1.82, 2.24) is 24.6 Å². The van der Waals surface area contributed by atoms with E-state index in [-0.39, 0.29) is 24.6 Å². The number of phosphoric ester groups is 1. The average Bonchev–Trinajstić information content (AvgIpc) is 3.71. The Kier molecular flexibility index (Phi) is 14.7. The van der Waals surface area contributed by atoms with Crippen molar-refractivity contribution in [2.24, 2.45) is 5.92 Å². The van der Waals surface area contributed by atoms with E-state index in [1.807, 2.05) is 6.07 Å². The van der Waals surface area contributed by atoms with E-state index >= 15 is 0 Å². The summed E-state index contributed by atoms with van der Waals surface area (Å²) >= 11 is 0. The van der Waals surface area contributed by atoms with Crippen LogP contribution in [0.5, 0.6) is 5.75 Å². The highest BCUT2D eigenvalue weighted by atomic mass is 31.3. The monoisotopic (exact) mass is 748 g/mol. The van der Waals surface area contributed by atoms with Crippen LogP contribution in [0.4, 0.5) is 5.82 Å². The summed E-state index contributed by atoms with van der Waals surface area (Å²) in [5.41, 5.74) is 7.18. The molecule has 6 atom stereocenters. The number of carbonyl (C=O) groups is 1. The molecule has 278 valence electrons. The van der Waals surface area contributed by atoms with Crippen molar-refractivity contribution >= 4 is 38.5 Å². The van der Waals surface area contributed by atoms with Gasteiger partial charge in [-0.15, -0.1) is 0 Å². The summed E-state index contributed by atoms with van der Waals surface area (Å²) in [6.45, 7) is 7.52. The van der Waals surface area contributed by atoms with Crippen LogP contribution in [0.3, 0.4) is 0 Å². The molecule has 0 bridgehead atoms. The van der Waals surface area contributed by atoms with Crippen LogP contribution in [0.15, 0.2) is 73.3 Å². The number of hydrogen-bond acceptors (Lipinski definition) is 13. The van der Waals surface area contributed by atoms with E-state index in [4.69, 9.17) is 28.6 Å². The normalized spacial score (nSPS) is 20.2. The van der Waals surface area contributed by atoms with E-state index in [2.05, 4.69) is 40.8 Å². The summed E-state index contributed by atoms with van der Waals surface area (Å²) in [6.07, 6.45) is 3.78. The number of aliphatic hydroxyl groups is 1. The number of nitrogens with one attached hydrogen (secondary N) is 1. The SMILES string of the molecule is CCC(CC)CC.C[C@H](NP(=O)(Oc1ccccc1)OP(=O)(O)OC[C@@H]1C[C@H](O)[C@H](n2cnc3c(N)ncnc32)O1)C(=O)OCc1ccccc1. The predicted molar refractivity (Wildman–Crippen MR) is 189 cm³/mol. The van der Waals surface area contributed by atoms with Gasteiger partial charge in [0.2, 0.25) is 0 Å². The van der Waals surface area contributed by atoms with Crippen molar-refractivity contribution in [3.05, 3.63) is 78.9 Å². The van der Waals surface area contributed by atoms with Gasteiger partial charge >= 0.3 is 21.5 Å². The summed E-state index contributed by atoms with van der Waals surface area (Å²) in [6, 6.07) is 15.3. The lowest BCUT2D eigenvalue weighted by atomic mass is 10.0. The number of fused-ring (bicyclic) bond motifs is 1. The molecule has 2 aromatic heterocycles. The topological polar surface area (TPSA) is 219 Å². The summed E-state index contributed by atoms with van der Waals surface area (Å²) in [5, 5.41) is 13.0. The van der Waals surface area contributed by atoms with Gasteiger partial charge in [0.25, 0.3) is 0 Å². The summed E-state index contributed by atoms with van der Waals surface area (Å²) in [5.74, 6) is 0.339. The summed E-state index contributed by atoms with van der Waals surface area (Å²) in [7, 11) is -9.86. The third kappa shape index (κ3) is 11.6.